The molecule has 3 aromatic heterocycles. The molecule has 1 saturated heterocycles. The SMILES string of the molecule is Cc1nsc(N2CCC(Nc3nc4c(-c5cc(N(C)C)ccc5C)cccn4n3)CC2)n1. The van der Waals surface area contributed by atoms with E-state index in [4.69, 9.17) is 10.1 Å². The van der Waals surface area contributed by atoms with E-state index in [1.165, 1.54) is 28.3 Å². The largest absolute Gasteiger partial charge is 0.378 e. The van der Waals surface area contributed by atoms with Crippen molar-refractivity contribution >= 4 is 33.9 Å². The van der Waals surface area contributed by atoms with Gasteiger partial charge in [0.25, 0.3) is 0 Å². The van der Waals surface area contributed by atoms with E-state index in [0.717, 1.165) is 48.1 Å². The highest BCUT2D eigenvalue weighted by Crippen LogP contribution is 2.31. The number of fused-ring (bicyclic) bond motifs is 1. The lowest BCUT2D eigenvalue weighted by atomic mass is 10.0. The Hall–Kier alpha value is -3.20. The van der Waals surface area contributed by atoms with Crippen molar-refractivity contribution in [2.75, 3.05) is 42.3 Å². The maximum absolute atomic E-state index is 4.87. The van der Waals surface area contributed by atoms with Gasteiger partial charge in [0, 0.05) is 62.2 Å². The predicted octanol–water partition coefficient (Wildman–Crippen LogP) is 4.01. The zero-order chi connectivity index (χ0) is 22.2. The maximum Gasteiger partial charge on any atom is 0.243 e. The van der Waals surface area contributed by atoms with Crippen LogP contribution in [0, 0.1) is 13.8 Å². The second-order valence-corrected chi connectivity index (χ2v) is 9.28. The zero-order valence-corrected chi connectivity index (χ0v) is 19.7. The predicted molar refractivity (Wildman–Crippen MR) is 131 cm³/mol. The van der Waals surface area contributed by atoms with Crippen LogP contribution in [0.5, 0.6) is 0 Å². The normalized spacial score (nSPS) is 14.8. The summed E-state index contributed by atoms with van der Waals surface area (Å²) in [4.78, 5) is 13.8. The number of aryl methyl sites for hydroxylation is 2. The number of benzene rings is 1. The lowest BCUT2D eigenvalue weighted by molar-refractivity contribution is 0.523. The van der Waals surface area contributed by atoms with E-state index in [1.807, 2.05) is 23.7 Å². The van der Waals surface area contributed by atoms with Crippen LogP contribution in [0.3, 0.4) is 0 Å². The lowest BCUT2D eigenvalue weighted by Gasteiger charge is -2.31. The Bertz CT molecular complexity index is 1240. The van der Waals surface area contributed by atoms with Gasteiger partial charge in [-0.05, 0) is 62.1 Å². The van der Waals surface area contributed by atoms with Crippen LogP contribution in [0.4, 0.5) is 16.8 Å². The summed E-state index contributed by atoms with van der Waals surface area (Å²) in [5.74, 6) is 1.53. The Balaban J connectivity index is 1.36. The third-order valence-corrected chi connectivity index (χ3v) is 6.87. The molecule has 32 heavy (non-hydrogen) atoms. The number of hydrogen-bond donors (Lipinski definition) is 1. The summed E-state index contributed by atoms with van der Waals surface area (Å²) in [6, 6.07) is 11.0. The van der Waals surface area contributed by atoms with Crippen LogP contribution in [0.2, 0.25) is 0 Å². The van der Waals surface area contributed by atoms with Crippen LogP contribution in [0.1, 0.15) is 24.2 Å². The van der Waals surface area contributed by atoms with Crippen molar-refractivity contribution in [3.05, 3.63) is 47.9 Å². The van der Waals surface area contributed by atoms with Crippen molar-refractivity contribution in [1.29, 1.82) is 0 Å². The molecular formula is C23H28N8S. The molecule has 0 radical (unpaired) electrons. The summed E-state index contributed by atoms with van der Waals surface area (Å²) in [5, 5.41) is 9.29. The van der Waals surface area contributed by atoms with Gasteiger partial charge in [-0.1, -0.05) is 6.07 Å². The van der Waals surface area contributed by atoms with Crippen molar-refractivity contribution < 1.29 is 0 Å². The molecule has 0 unspecified atom stereocenters. The topological polar surface area (TPSA) is 74.5 Å². The molecule has 166 valence electrons. The number of piperidine rings is 1. The lowest BCUT2D eigenvalue weighted by Crippen LogP contribution is -2.39. The van der Waals surface area contributed by atoms with E-state index in [0.29, 0.717) is 12.0 Å². The molecule has 5 rings (SSSR count). The molecular weight excluding hydrogens is 420 g/mol. The number of pyridine rings is 1. The fourth-order valence-corrected chi connectivity index (χ4v) is 4.89. The van der Waals surface area contributed by atoms with Gasteiger partial charge in [0.05, 0.1) is 0 Å². The molecule has 1 aliphatic rings. The minimum atomic E-state index is 0.347. The summed E-state index contributed by atoms with van der Waals surface area (Å²) >= 11 is 1.48. The monoisotopic (exact) mass is 448 g/mol. The minimum Gasteiger partial charge on any atom is -0.378 e. The Morgan fingerprint density at radius 3 is 2.59 bits per heavy atom. The van der Waals surface area contributed by atoms with Crippen molar-refractivity contribution in [2.24, 2.45) is 0 Å². The number of rotatable bonds is 5. The van der Waals surface area contributed by atoms with Gasteiger partial charge in [0.1, 0.15) is 5.82 Å². The first-order valence-corrected chi connectivity index (χ1v) is 11.7. The molecule has 0 aliphatic carbocycles. The third kappa shape index (κ3) is 4.00. The highest BCUT2D eigenvalue weighted by atomic mass is 32.1. The highest BCUT2D eigenvalue weighted by Gasteiger charge is 2.23. The average Bonchev–Trinajstić information content (AvgIpc) is 3.40. The van der Waals surface area contributed by atoms with E-state index in [1.54, 1.807) is 0 Å². The van der Waals surface area contributed by atoms with Gasteiger partial charge >= 0.3 is 0 Å². The van der Waals surface area contributed by atoms with Crippen LogP contribution in [0.15, 0.2) is 36.5 Å². The number of anilines is 3. The number of nitrogens with one attached hydrogen (secondary N) is 1. The van der Waals surface area contributed by atoms with Crippen LogP contribution in [-0.2, 0) is 0 Å². The second kappa shape index (κ2) is 8.38. The van der Waals surface area contributed by atoms with Crippen LogP contribution in [0.25, 0.3) is 16.8 Å². The Labute approximate surface area is 192 Å². The molecule has 1 N–H and O–H groups in total. The standard InChI is InChI=1S/C23H28N8S/c1-15-7-8-18(29(3)4)14-20(15)19-6-5-11-31-21(19)26-22(27-31)25-17-9-12-30(13-10-17)23-24-16(2)28-32-23/h5-8,11,14,17H,9-10,12-13H2,1-4H3,(H,25,27). The molecule has 1 aromatic carbocycles. The maximum atomic E-state index is 4.87. The summed E-state index contributed by atoms with van der Waals surface area (Å²) in [5.41, 5.74) is 5.54. The molecule has 0 atom stereocenters. The number of nitrogens with zero attached hydrogens (tertiary/aromatic N) is 7. The molecule has 0 bridgehead atoms. The Morgan fingerprint density at radius 1 is 1.06 bits per heavy atom. The van der Waals surface area contributed by atoms with Gasteiger partial charge in [-0.3, -0.25) is 0 Å². The van der Waals surface area contributed by atoms with Crippen LogP contribution in [-0.4, -0.2) is 57.2 Å². The molecule has 8 nitrogen and oxygen atoms in total. The van der Waals surface area contributed by atoms with E-state index in [2.05, 4.69) is 69.8 Å². The van der Waals surface area contributed by atoms with Crippen LogP contribution >= 0.6 is 11.5 Å². The molecule has 0 spiro atoms. The summed E-state index contributed by atoms with van der Waals surface area (Å²) in [6.45, 7) is 6.00. The van der Waals surface area contributed by atoms with E-state index in [9.17, 15) is 0 Å². The number of hydrogen-bond acceptors (Lipinski definition) is 8. The first-order chi connectivity index (χ1) is 15.5. The average molecular weight is 449 g/mol. The van der Waals surface area contributed by atoms with Crippen molar-refractivity contribution in [3.8, 4) is 11.1 Å². The van der Waals surface area contributed by atoms with Crippen LogP contribution < -0.4 is 15.1 Å². The first-order valence-electron chi connectivity index (χ1n) is 10.9. The fraction of sp³-hybridized carbons (Fsp3) is 0.391. The van der Waals surface area contributed by atoms with Crippen molar-refractivity contribution in [3.63, 3.8) is 0 Å². The van der Waals surface area contributed by atoms with Gasteiger partial charge in [0.2, 0.25) is 11.1 Å². The van der Waals surface area contributed by atoms with Crippen molar-refractivity contribution in [1.82, 2.24) is 24.0 Å². The van der Waals surface area contributed by atoms with E-state index in [-0.39, 0.29) is 0 Å². The highest BCUT2D eigenvalue weighted by molar-refractivity contribution is 7.09. The number of aromatic nitrogens is 5. The zero-order valence-electron chi connectivity index (χ0n) is 18.9. The van der Waals surface area contributed by atoms with Gasteiger partial charge in [-0.2, -0.15) is 9.36 Å². The van der Waals surface area contributed by atoms with E-state index >= 15 is 0 Å². The minimum absolute atomic E-state index is 0.347. The molecule has 9 heteroatoms. The first kappa shape index (κ1) is 20.7. The van der Waals surface area contributed by atoms with Gasteiger partial charge in [-0.25, -0.2) is 9.50 Å². The smallest absolute Gasteiger partial charge is 0.243 e. The molecule has 4 aromatic rings. The molecule has 0 amide bonds. The molecule has 1 fully saturated rings. The summed E-state index contributed by atoms with van der Waals surface area (Å²) in [6.07, 6.45) is 4.00. The van der Waals surface area contributed by atoms with Gasteiger partial charge in [-0.15, -0.1) is 5.10 Å². The van der Waals surface area contributed by atoms with Gasteiger partial charge in [0.15, 0.2) is 5.65 Å². The fourth-order valence-electron chi connectivity index (χ4n) is 4.17. The van der Waals surface area contributed by atoms with Gasteiger partial charge < -0.3 is 15.1 Å². The van der Waals surface area contributed by atoms with Crippen molar-refractivity contribution in [2.45, 2.75) is 32.7 Å². The Morgan fingerprint density at radius 2 is 1.88 bits per heavy atom. The third-order valence-electron chi connectivity index (χ3n) is 6.01. The summed E-state index contributed by atoms with van der Waals surface area (Å²) in [7, 11) is 4.12. The van der Waals surface area contributed by atoms with E-state index < -0.39 is 0 Å². The summed E-state index contributed by atoms with van der Waals surface area (Å²) < 4.78 is 6.18. The molecule has 0 saturated carbocycles. The quantitative estimate of drug-likeness (QED) is 0.494. The second-order valence-electron chi connectivity index (χ2n) is 8.55. The molecule has 4 heterocycles. The molecule has 1 aliphatic heterocycles. The Kier molecular flexibility index (Phi) is 5.42.